The second-order valence-electron chi connectivity index (χ2n) is 16.4. The van der Waals surface area contributed by atoms with Crippen LogP contribution in [0.25, 0.3) is 0 Å². The molecule has 7 heteroatoms. The number of carbonyl (C=O) groups is 1. The van der Waals surface area contributed by atoms with Crippen LogP contribution in [0.3, 0.4) is 0 Å². The maximum Gasteiger partial charge on any atom is 0.145 e. The van der Waals surface area contributed by atoms with Gasteiger partial charge in [0.2, 0.25) is 0 Å². The molecule has 1 aromatic carbocycles. The van der Waals surface area contributed by atoms with Crippen LogP contribution in [0.1, 0.15) is 96.1 Å². The Morgan fingerprint density at radius 1 is 1.10 bits per heavy atom. The number of allylic oxidation sites excluding steroid dienone is 7. The lowest BCUT2D eigenvalue weighted by Gasteiger charge is -2.67. The zero-order chi connectivity index (χ0) is 36.9. The molecule has 1 spiro atoms. The first-order valence-electron chi connectivity index (χ1n) is 19.4. The average Bonchev–Trinajstić information content (AvgIpc) is 3.32. The van der Waals surface area contributed by atoms with Gasteiger partial charge in [0.1, 0.15) is 6.29 Å². The number of aliphatic hydroxyl groups is 4. The van der Waals surface area contributed by atoms with E-state index in [0.29, 0.717) is 75.9 Å². The van der Waals surface area contributed by atoms with Crippen molar-refractivity contribution in [2.24, 2.45) is 22.2 Å². The molecule has 3 fully saturated rings. The lowest BCUT2D eigenvalue weighted by molar-refractivity contribution is -0.240. The summed E-state index contributed by atoms with van der Waals surface area (Å²) >= 11 is 0. The van der Waals surface area contributed by atoms with Gasteiger partial charge in [-0.25, -0.2) is 0 Å². The van der Waals surface area contributed by atoms with Gasteiger partial charge in [-0.15, -0.1) is 0 Å². The Morgan fingerprint density at radius 3 is 2.55 bits per heavy atom. The van der Waals surface area contributed by atoms with E-state index in [2.05, 4.69) is 67.5 Å². The summed E-state index contributed by atoms with van der Waals surface area (Å²) in [7, 11) is 1.88. The van der Waals surface area contributed by atoms with Crippen molar-refractivity contribution in [3.05, 3.63) is 94.1 Å². The van der Waals surface area contributed by atoms with Crippen molar-refractivity contribution in [2.75, 3.05) is 33.4 Å². The number of hydrogen-bond donors (Lipinski definition) is 6. The van der Waals surface area contributed by atoms with E-state index in [1.54, 1.807) is 0 Å². The quantitative estimate of drug-likeness (QED) is 0.0677. The van der Waals surface area contributed by atoms with E-state index < -0.39 is 27.9 Å². The van der Waals surface area contributed by atoms with Crippen molar-refractivity contribution < 1.29 is 25.2 Å². The smallest absolute Gasteiger partial charge is 0.145 e. The van der Waals surface area contributed by atoms with E-state index in [9.17, 15) is 25.2 Å². The van der Waals surface area contributed by atoms with Gasteiger partial charge in [0.05, 0.1) is 18.3 Å². The Bertz CT molecular complexity index is 1540. The van der Waals surface area contributed by atoms with Crippen molar-refractivity contribution in [3.63, 3.8) is 0 Å². The van der Waals surface area contributed by atoms with Gasteiger partial charge in [0, 0.05) is 35.4 Å². The number of hydrogen-bond acceptors (Lipinski definition) is 7. The second kappa shape index (κ2) is 16.6. The topological polar surface area (TPSA) is 122 Å². The van der Waals surface area contributed by atoms with Crippen LogP contribution in [-0.4, -0.2) is 77.8 Å². The number of nitrogens with one attached hydrogen (secondary N) is 2. The van der Waals surface area contributed by atoms with Crippen molar-refractivity contribution in [1.29, 1.82) is 0 Å². The Hall–Kier alpha value is -2.65. The number of fused-ring (bicyclic) bond motifs is 3. The molecule has 5 rings (SSSR count). The highest BCUT2D eigenvalue weighted by Gasteiger charge is 2.76. The van der Waals surface area contributed by atoms with Crippen molar-refractivity contribution in [3.8, 4) is 0 Å². The molecule has 3 aliphatic carbocycles. The molecule has 6 N–H and O–H groups in total. The highest BCUT2D eigenvalue weighted by atomic mass is 16.3. The molecular formula is C44H64N2O5. The summed E-state index contributed by atoms with van der Waals surface area (Å²) in [5, 5.41) is 53.4. The normalized spacial score (nSPS) is 35.4. The second-order valence-corrected chi connectivity index (χ2v) is 16.4. The standard InChI is InChI=1S/C44H64N2O5/c1-31-13-14-37(27-36-11-7-10-35(26-36)25-34(4)46-28-31)32(2)9-6-12-38(30-49)41-18-20-42(16-8-24-47)39(33(3)29-48)15-17-43(51,22-23-45-5)44(42,21-19-41)40(41)50/h6-7,9-13,26,29,34,37,40,45-47,49-51H,2,8,14-25,27-28,30H2,1,3-5H3. The predicted molar refractivity (Wildman–Crippen MR) is 206 cm³/mol. The van der Waals surface area contributed by atoms with Crippen LogP contribution in [0, 0.1) is 22.2 Å². The summed E-state index contributed by atoms with van der Waals surface area (Å²) in [5.74, 6) is 0.213. The summed E-state index contributed by atoms with van der Waals surface area (Å²) in [6.07, 6.45) is 16.4. The third-order valence-electron chi connectivity index (χ3n) is 13.6. The zero-order valence-electron chi connectivity index (χ0n) is 31.6. The predicted octanol–water partition coefficient (Wildman–Crippen LogP) is 6.08. The highest BCUT2D eigenvalue weighted by molar-refractivity contribution is 5.74. The van der Waals surface area contributed by atoms with Crippen LogP contribution in [-0.2, 0) is 17.6 Å². The molecule has 7 nitrogen and oxygen atoms in total. The first kappa shape index (κ1) is 39.6. The van der Waals surface area contributed by atoms with Crippen LogP contribution in [0.4, 0.5) is 0 Å². The van der Waals surface area contributed by atoms with Crippen LogP contribution < -0.4 is 10.6 Å². The minimum atomic E-state index is -1.17. The first-order valence-corrected chi connectivity index (χ1v) is 19.4. The molecule has 4 bridgehead atoms. The Kier molecular flexibility index (Phi) is 12.9. The Labute approximate surface area is 306 Å². The molecule has 4 aliphatic rings. The monoisotopic (exact) mass is 700 g/mol. The fourth-order valence-corrected chi connectivity index (χ4v) is 10.9. The van der Waals surface area contributed by atoms with Crippen LogP contribution in [0.5, 0.6) is 0 Å². The minimum Gasteiger partial charge on any atom is -0.396 e. The highest BCUT2D eigenvalue weighted by Crippen LogP contribution is 2.77. The van der Waals surface area contributed by atoms with Gasteiger partial charge in [-0.1, -0.05) is 71.9 Å². The summed E-state index contributed by atoms with van der Waals surface area (Å²) in [6, 6.07) is 9.29. The molecule has 0 saturated heterocycles. The third-order valence-corrected chi connectivity index (χ3v) is 13.6. The van der Waals surface area contributed by atoms with E-state index in [0.717, 1.165) is 48.8 Å². The summed E-state index contributed by atoms with van der Waals surface area (Å²) in [5.41, 5.74) is 4.10. The first-order chi connectivity index (χ1) is 24.5. The molecule has 7 atom stereocenters. The average molecular weight is 701 g/mol. The van der Waals surface area contributed by atoms with Crippen LogP contribution >= 0.6 is 0 Å². The van der Waals surface area contributed by atoms with E-state index in [4.69, 9.17) is 0 Å². The van der Waals surface area contributed by atoms with Gasteiger partial charge < -0.3 is 31.1 Å². The third kappa shape index (κ3) is 7.32. The van der Waals surface area contributed by atoms with Crippen molar-refractivity contribution in [2.45, 2.75) is 116 Å². The van der Waals surface area contributed by atoms with Crippen LogP contribution in [0.15, 0.2) is 83.0 Å². The molecular weight excluding hydrogens is 636 g/mol. The molecule has 51 heavy (non-hydrogen) atoms. The van der Waals surface area contributed by atoms with Crippen LogP contribution in [0.2, 0.25) is 0 Å². The maximum atomic E-state index is 12.8. The van der Waals surface area contributed by atoms with Gasteiger partial charge in [-0.05, 0) is 140 Å². The maximum absolute atomic E-state index is 12.8. The zero-order valence-corrected chi connectivity index (χ0v) is 31.6. The molecule has 7 unspecified atom stereocenters. The number of rotatable bonds is 12. The number of benzene rings is 1. The number of carbonyl (C=O) groups excluding carboxylic acids is 1. The molecule has 0 amide bonds. The van der Waals surface area contributed by atoms with Gasteiger partial charge in [0.15, 0.2) is 0 Å². The lowest BCUT2D eigenvalue weighted by atomic mass is 9.39. The lowest BCUT2D eigenvalue weighted by Crippen LogP contribution is -2.69. The van der Waals surface area contributed by atoms with Crippen molar-refractivity contribution >= 4 is 6.29 Å². The fraction of sp³-hybridized carbons (Fsp3) is 0.614. The van der Waals surface area contributed by atoms with Crippen molar-refractivity contribution in [1.82, 2.24) is 10.6 Å². The summed E-state index contributed by atoms with van der Waals surface area (Å²) < 4.78 is 0. The molecule has 0 aromatic heterocycles. The van der Waals surface area contributed by atoms with Gasteiger partial charge in [-0.3, -0.25) is 4.79 Å². The molecule has 1 aromatic rings. The van der Waals surface area contributed by atoms with Gasteiger partial charge in [-0.2, -0.15) is 0 Å². The summed E-state index contributed by atoms with van der Waals surface area (Å²) in [4.78, 5) is 12.3. The molecule has 1 aliphatic heterocycles. The molecule has 3 saturated carbocycles. The molecule has 280 valence electrons. The van der Waals surface area contributed by atoms with E-state index >= 15 is 0 Å². The minimum absolute atomic E-state index is 0.00971. The fourth-order valence-electron chi connectivity index (χ4n) is 10.9. The van der Waals surface area contributed by atoms with Gasteiger partial charge >= 0.3 is 0 Å². The Balaban J connectivity index is 1.48. The SMILES string of the molecule is C=C(C=CC=C(CO)C12CCC3(CCCO)C(=C(C)C=O)CCC(O)(CCNC)C3(CC1)C2O)C1CC=C(C)CNC(C)Cc2cccc(c2)C1. The Morgan fingerprint density at radius 2 is 1.84 bits per heavy atom. The molecule has 1 heterocycles. The van der Waals surface area contributed by atoms with E-state index in [1.807, 2.05) is 26.1 Å². The van der Waals surface area contributed by atoms with E-state index in [1.165, 1.54) is 16.7 Å². The largest absolute Gasteiger partial charge is 0.396 e. The number of aliphatic hydroxyl groups excluding tert-OH is 3. The molecule has 0 radical (unpaired) electrons. The van der Waals surface area contributed by atoms with E-state index in [-0.39, 0.29) is 19.1 Å². The number of aldehydes is 1. The summed E-state index contributed by atoms with van der Waals surface area (Å²) in [6.45, 7) is 12.1. The van der Waals surface area contributed by atoms with Gasteiger partial charge in [0.25, 0.3) is 0 Å².